The topological polar surface area (TPSA) is 6.48 Å². The Morgan fingerprint density at radius 3 is 2.38 bits per heavy atom. The Morgan fingerprint density at radius 1 is 1.06 bits per heavy atom. The summed E-state index contributed by atoms with van der Waals surface area (Å²) < 4.78 is 0. The van der Waals surface area contributed by atoms with E-state index >= 15 is 0 Å². The molecule has 0 spiro atoms. The van der Waals surface area contributed by atoms with E-state index in [1.807, 2.05) is 0 Å². The van der Waals surface area contributed by atoms with Crippen LogP contribution in [0.4, 0.5) is 0 Å². The van der Waals surface area contributed by atoms with Crippen molar-refractivity contribution >= 4 is 12.6 Å². The summed E-state index contributed by atoms with van der Waals surface area (Å²) in [6, 6.07) is 0. The number of rotatable bonds is 6. The number of hydrogen-bond donors (Lipinski definition) is 1. The molecule has 3 heteroatoms. The number of thiol groups is 1. The van der Waals surface area contributed by atoms with Gasteiger partial charge in [-0.3, -0.25) is 4.90 Å². The van der Waals surface area contributed by atoms with Crippen LogP contribution in [0.5, 0.6) is 0 Å². The van der Waals surface area contributed by atoms with Crippen LogP contribution in [-0.2, 0) is 0 Å². The van der Waals surface area contributed by atoms with Crippen LogP contribution in [0.1, 0.15) is 39.5 Å². The summed E-state index contributed by atoms with van der Waals surface area (Å²) in [7, 11) is 2.24. The highest BCUT2D eigenvalue weighted by molar-refractivity contribution is 7.80. The van der Waals surface area contributed by atoms with Crippen LogP contribution in [0.25, 0.3) is 0 Å². The molecule has 96 valence electrons. The molecule has 0 aromatic carbocycles. The highest BCUT2D eigenvalue weighted by Gasteiger charge is 2.30. The summed E-state index contributed by atoms with van der Waals surface area (Å²) in [5, 5.41) is 0. The van der Waals surface area contributed by atoms with Gasteiger partial charge in [0.1, 0.15) is 0 Å². The fourth-order valence-corrected chi connectivity index (χ4v) is 2.56. The number of unbranched alkanes of at least 4 members (excludes halogenated alkanes) is 3. The van der Waals surface area contributed by atoms with Gasteiger partial charge in [-0.2, -0.15) is 12.6 Å². The van der Waals surface area contributed by atoms with Gasteiger partial charge in [-0.05, 0) is 46.0 Å². The smallest absolute Gasteiger partial charge is 0.0277 e. The summed E-state index contributed by atoms with van der Waals surface area (Å²) in [6.45, 7) is 9.65. The van der Waals surface area contributed by atoms with Crippen molar-refractivity contribution in [3.8, 4) is 0 Å². The summed E-state index contributed by atoms with van der Waals surface area (Å²) in [4.78, 5) is 5.10. The molecule has 0 saturated carbocycles. The van der Waals surface area contributed by atoms with Gasteiger partial charge in [-0.1, -0.05) is 12.8 Å². The Balaban J connectivity index is 2.14. The van der Waals surface area contributed by atoms with Crippen molar-refractivity contribution < 1.29 is 0 Å². The largest absolute Gasteiger partial charge is 0.300 e. The molecule has 2 nitrogen and oxygen atoms in total. The van der Waals surface area contributed by atoms with E-state index in [4.69, 9.17) is 0 Å². The third-order valence-electron chi connectivity index (χ3n) is 3.78. The lowest BCUT2D eigenvalue weighted by atomic mass is 9.99. The van der Waals surface area contributed by atoms with E-state index in [9.17, 15) is 0 Å². The second-order valence-corrected chi connectivity index (χ2v) is 6.10. The van der Waals surface area contributed by atoms with Gasteiger partial charge in [0, 0.05) is 25.2 Å². The molecule has 0 aromatic rings. The maximum absolute atomic E-state index is 4.24. The van der Waals surface area contributed by atoms with Crippen molar-refractivity contribution in [2.45, 2.75) is 45.1 Å². The molecule has 0 radical (unpaired) electrons. The Hall–Kier alpha value is 0.270. The molecular weight excluding hydrogens is 216 g/mol. The number of piperazine rings is 1. The Labute approximate surface area is 107 Å². The van der Waals surface area contributed by atoms with Gasteiger partial charge in [0.25, 0.3) is 0 Å². The predicted octanol–water partition coefficient (Wildman–Crippen LogP) is 2.50. The van der Waals surface area contributed by atoms with Crippen LogP contribution in [0.2, 0.25) is 0 Å². The molecule has 1 saturated heterocycles. The van der Waals surface area contributed by atoms with E-state index in [2.05, 4.69) is 43.3 Å². The van der Waals surface area contributed by atoms with E-state index in [-0.39, 0.29) is 0 Å². The maximum Gasteiger partial charge on any atom is 0.0277 e. The first-order chi connectivity index (χ1) is 7.56. The van der Waals surface area contributed by atoms with E-state index in [0.717, 1.165) is 5.75 Å². The van der Waals surface area contributed by atoms with Crippen LogP contribution >= 0.6 is 12.6 Å². The van der Waals surface area contributed by atoms with Gasteiger partial charge in [-0.15, -0.1) is 0 Å². The molecule has 0 N–H and O–H groups in total. The quantitative estimate of drug-likeness (QED) is 0.566. The first-order valence-electron chi connectivity index (χ1n) is 6.61. The van der Waals surface area contributed by atoms with Crippen molar-refractivity contribution in [1.82, 2.24) is 9.80 Å². The highest BCUT2D eigenvalue weighted by Crippen LogP contribution is 2.19. The average molecular weight is 244 g/mol. The van der Waals surface area contributed by atoms with E-state index in [1.54, 1.807) is 0 Å². The van der Waals surface area contributed by atoms with Crippen molar-refractivity contribution in [3.05, 3.63) is 0 Å². The highest BCUT2D eigenvalue weighted by atomic mass is 32.1. The van der Waals surface area contributed by atoms with Crippen LogP contribution < -0.4 is 0 Å². The fourth-order valence-electron chi connectivity index (χ4n) is 2.33. The van der Waals surface area contributed by atoms with E-state index < -0.39 is 0 Å². The third-order valence-corrected chi connectivity index (χ3v) is 4.09. The third kappa shape index (κ3) is 4.64. The molecule has 16 heavy (non-hydrogen) atoms. The lowest BCUT2D eigenvalue weighted by Crippen LogP contribution is -2.57. The van der Waals surface area contributed by atoms with Gasteiger partial charge in [-0.25, -0.2) is 0 Å². The summed E-state index contributed by atoms with van der Waals surface area (Å²) >= 11 is 4.24. The molecule has 1 aliphatic heterocycles. The van der Waals surface area contributed by atoms with Gasteiger partial charge >= 0.3 is 0 Å². The lowest BCUT2D eigenvalue weighted by molar-refractivity contribution is 0.0393. The van der Waals surface area contributed by atoms with Crippen molar-refractivity contribution in [1.29, 1.82) is 0 Å². The van der Waals surface area contributed by atoms with Gasteiger partial charge in [0.15, 0.2) is 0 Å². The molecular formula is C13H28N2S. The van der Waals surface area contributed by atoms with Crippen LogP contribution in [0, 0.1) is 0 Å². The first-order valence-corrected chi connectivity index (χ1v) is 7.24. The summed E-state index contributed by atoms with van der Waals surface area (Å²) in [6.07, 6.45) is 5.35. The minimum atomic E-state index is 0.351. The van der Waals surface area contributed by atoms with Crippen LogP contribution in [0.15, 0.2) is 0 Å². The summed E-state index contributed by atoms with van der Waals surface area (Å²) in [5.41, 5.74) is 0.351. The molecule has 0 aromatic heterocycles. The van der Waals surface area contributed by atoms with Crippen molar-refractivity contribution in [2.24, 2.45) is 0 Å². The molecule has 0 amide bonds. The van der Waals surface area contributed by atoms with E-state index in [0.29, 0.717) is 5.54 Å². The molecule has 1 aliphatic rings. The Bertz CT molecular complexity index is 194. The first kappa shape index (κ1) is 14.3. The van der Waals surface area contributed by atoms with Gasteiger partial charge in [0.2, 0.25) is 0 Å². The van der Waals surface area contributed by atoms with E-state index in [1.165, 1.54) is 51.9 Å². The lowest BCUT2D eigenvalue weighted by Gasteiger charge is -2.45. The fraction of sp³-hybridized carbons (Fsp3) is 1.00. The van der Waals surface area contributed by atoms with Crippen LogP contribution in [-0.4, -0.2) is 54.3 Å². The normalized spacial score (nSPS) is 22.5. The minimum absolute atomic E-state index is 0.351. The van der Waals surface area contributed by atoms with Crippen molar-refractivity contribution in [2.75, 3.05) is 39.0 Å². The number of hydrogen-bond acceptors (Lipinski definition) is 3. The number of likely N-dealkylation sites (N-methyl/N-ethyl adjacent to an activating group) is 1. The Morgan fingerprint density at radius 2 is 1.75 bits per heavy atom. The molecule has 0 aliphatic carbocycles. The molecule has 1 fully saturated rings. The number of nitrogens with zero attached hydrogens (tertiary/aromatic N) is 2. The molecule has 1 rings (SSSR count). The molecule has 0 atom stereocenters. The Kier molecular flexibility index (Phi) is 6.16. The summed E-state index contributed by atoms with van der Waals surface area (Å²) in [5.74, 6) is 1.04. The zero-order valence-electron chi connectivity index (χ0n) is 11.2. The standard InChI is InChI=1S/C13H28N2S/c1-13(2)12-15(10-9-14(13)3)8-6-4-5-7-11-16/h16H,4-12H2,1-3H3. The van der Waals surface area contributed by atoms with Crippen LogP contribution in [0.3, 0.4) is 0 Å². The predicted molar refractivity (Wildman–Crippen MR) is 75.5 cm³/mol. The molecule has 0 bridgehead atoms. The maximum atomic E-state index is 4.24. The minimum Gasteiger partial charge on any atom is -0.300 e. The second-order valence-electron chi connectivity index (χ2n) is 5.65. The monoisotopic (exact) mass is 244 g/mol. The second kappa shape index (κ2) is 6.87. The molecule has 0 unspecified atom stereocenters. The van der Waals surface area contributed by atoms with Gasteiger partial charge < -0.3 is 4.90 Å². The van der Waals surface area contributed by atoms with Gasteiger partial charge in [0.05, 0.1) is 0 Å². The zero-order chi connectivity index (χ0) is 12.0. The van der Waals surface area contributed by atoms with Crippen molar-refractivity contribution in [3.63, 3.8) is 0 Å². The average Bonchev–Trinajstić information content (AvgIpc) is 2.23. The SMILES string of the molecule is CN1CCN(CCCCCCS)CC1(C)C. The zero-order valence-corrected chi connectivity index (χ0v) is 12.1. The molecule has 1 heterocycles.